The van der Waals surface area contributed by atoms with Crippen LogP contribution in [0.5, 0.6) is 0 Å². The number of nitrogens with zero attached hydrogens (tertiary/aromatic N) is 1. The second-order valence-corrected chi connectivity index (χ2v) is 6.31. The first-order chi connectivity index (χ1) is 10.3. The van der Waals surface area contributed by atoms with Crippen LogP contribution in [-0.2, 0) is 4.79 Å². The lowest BCUT2D eigenvalue weighted by Crippen LogP contribution is -2.32. The van der Waals surface area contributed by atoms with Crippen molar-refractivity contribution in [2.24, 2.45) is 0 Å². The Kier molecular flexibility index (Phi) is 15.5. The summed E-state index contributed by atoms with van der Waals surface area (Å²) in [6.45, 7) is 8.63. The number of hydrogen-bond acceptors (Lipinski definition) is 1. The lowest BCUT2D eigenvalue weighted by Gasteiger charge is -2.23. The van der Waals surface area contributed by atoms with Crippen molar-refractivity contribution in [1.29, 1.82) is 0 Å². The summed E-state index contributed by atoms with van der Waals surface area (Å²) in [7, 11) is 0. The number of hydrogen-bond donors (Lipinski definition) is 0. The normalized spacial score (nSPS) is 10.8. The Morgan fingerprint density at radius 1 is 0.619 bits per heavy atom. The average molecular weight is 298 g/mol. The van der Waals surface area contributed by atoms with E-state index in [4.69, 9.17) is 0 Å². The van der Waals surface area contributed by atoms with Gasteiger partial charge in [-0.25, -0.2) is 0 Å². The largest absolute Gasteiger partial charge is 0.343 e. The molecule has 0 N–H and O–H groups in total. The molecule has 2 heteroatoms. The molecule has 0 aliphatic heterocycles. The van der Waals surface area contributed by atoms with Gasteiger partial charge in [0.2, 0.25) is 5.91 Å². The van der Waals surface area contributed by atoms with Crippen LogP contribution >= 0.6 is 0 Å². The van der Waals surface area contributed by atoms with Gasteiger partial charge in [0.05, 0.1) is 0 Å². The molecule has 0 aromatic carbocycles. The van der Waals surface area contributed by atoms with Crippen LogP contribution in [0.4, 0.5) is 0 Å². The topological polar surface area (TPSA) is 20.3 Å². The van der Waals surface area contributed by atoms with Crippen LogP contribution in [0.15, 0.2) is 0 Å². The van der Waals surface area contributed by atoms with Crippen LogP contribution in [-0.4, -0.2) is 23.9 Å². The van der Waals surface area contributed by atoms with Crippen molar-refractivity contribution in [1.82, 2.24) is 4.90 Å². The molecular weight excluding hydrogens is 258 g/mol. The molecular formula is C19H39NO. The van der Waals surface area contributed by atoms with E-state index in [0.29, 0.717) is 5.91 Å². The fourth-order valence-electron chi connectivity index (χ4n) is 2.66. The van der Waals surface area contributed by atoms with E-state index < -0.39 is 0 Å². The fraction of sp³-hybridized carbons (Fsp3) is 0.947. The van der Waals surface area contributed by atoms with E-state index in [1.165, 1.54) is 64.2 Å². The number of amides is 1. The Balaban J connectivity index is 3.93. The highest BCUT2D eigenvalue weighted by Crippen LogP contribution is 2.09. The van der Waals surface area contributed by atoms with Gasteiger partial charge in [-0.15, -0.1) is 0 Å². The van der Waals surface area contributed by atoms with Crippen molar-refractivity contribution in [3.63, 3.8) is 0 Å². The second kappa shape index (κ2) is 15.9. The predicted octanol–water partition coefficient (Wildman–Crippen LogP) is 5.95. The van der Waals surface area contributed by atoms with Gasteiger partial charge in [-0.3, -0.25) is 4.79 Å². The molecule has 0 aliphatic rings. The molecule has 0 atom stereocenters. The van der Waals surface area contributed by atoms with E-state index in [0.717, 1.165) is 32.4 Å². The van der Waals surface area contributed by atoms with E-state index in [2.05, 4.69) is 25.7 Å². The summed E-state index contributed by atoms with van der Waals surface area (Å²) in [6, 6.07) is 0. The number of rotatable bonds is 15. The maximum atomic E-state index is 12.3. The van der Waals surface area contributed by atoms with Gasteiger partial charge in [0.15, 0.2) is 0 Å². The Morgan fingerprint density at radius 2 is 1.05 bits per heavy atom. The zero-order chi connectivity index (χ0) is 15.8. The molecule has 0 heterocycles. The third-order valence-corrected chi connectivity index (χ3v) is 4.16. The van der Waals surface area contributed by atoms with Crippen LogP contribution in [0, 0.1) is 0 Å². The number of carbonyl (C=O) groups is 1. The molecule has 21 heavy (non-hydrogen) atoms. The van der Waals surface area contributed by atoms with Gasteiger partial charge in [-0.05, 0) is 19.3 Å². The lowest BCUT2D eigenvalue weighted by molar-refractivity contribution is -0.131. The highest BCUT2D eigenvalue weighted by molar-refractivity contribution is 5.76. The minimum absolute atomic E-state index is 0.392. The van der Waals surface area contributed by atoms with E-state index in [9.17, 15) is 4.79 Å². The molecule has 2 nitrogen and oxygen atoms in total. The first-order valence-electron chi connectivity index (χ1n) is 9.54. The smallest absolute Gasteiger partial charge is 0.222 e. The first kappa shape index (κ1) is 20.5. The standard InChI is InChI=1S/C19H39NO/c1-4-7-10-12-14-17-20(19(21)16-9-6-3)18-15-13-11-8-5-2/h4-18H2,1-3H3. The molecule has 1 amide bonds. The molecule has 126 valence electrons. The molecule has 0 aromatic rings. The van der Waals surface area contributed by atoms with Gasteiger partial charge < -0.3 is 4.90 Å². The average Bonchev–Trinajstić information content (AvgIpc) is 2.50. The molecule has 0 saturated heterocycles. The highest BCUT2D eigenvalue weighted by Gasteiger charge is 2.11. The molecule has 0 aromatic heterocycles. The van der Waals surface area contributed by atoms with Gasteiger partial charge in [-0.2, -0.15) is 0 Å². The summed E-state index contributed by atoms with van der Waals surface area (Å²) in [6.07, 6.45) is 15.7. The first-order valence-corrected chi connectivity index (χ1v) is 9.54. The molecule has 0 bridgehead atoms. The molecule has 0 saturated carbocycles. The fourth-order valence-corrected chi connectivity index (χ4v) is 2.66. The van der Waals surface area contributed by atoms with Gasteiger partial charge >= 0.3 is 0 Å². The Hall–Kier alpha value is -0.530. The Bertz CT molecular complexity index is 214. The summed E-state index contributed by atoms with van der Waals surface area (Å²) in [5.41, 5.74) is 0. The summed E-state index contributed by atoms with van der Waals surface area (Å²) in [5, 5.41) is 0. The molecule has 0 radical (unpaired) electrons. The lowest BCUT2D eigenvalue weighted by atomic mass is 10.1. The second-order valence-electron chi connectivity index (χ2n) is 6.31. The molecule has 0 aliphatic carbocycles. The Morgan fingerprint density at radius 3 is 1.48 bits per heavy atom. The van der Waals surface area contributed by atoms with Gasteiger partial charge in [0.1, 0.15) is 0 Å². The van der Waals surface area contributed by atoms with Gasteiger partial charge in [-0.1, -0.05) is 78.6 Å². The van der Waals surface area contributed by atoms with Crippen molar-refractivity contribution in [3.05, 3.63) is 0 Å². The zero-order valence-electron chi connectivity index (χ0n) is 15.0. The summed E-state index contributed by atoms with van der Waals surface area (Å²) in [5.74, 6) is 0.392. The summed E-state index contributed by atoms with van der Waals surface area (Å²) < 4.78 is 0. The van der Waals surface area contributed by atoms with Crippen LogP contribution in [0.25, 0.3) is 0 Å². The number of unbranched alkanes of at least 4 members (excludes halogenated alkanes) is 9. The van der Waals surface area contributed by atoms with E-state index >= 15 is 0 Å². The third-order valence-electron chi connectivity index (χ3n) is 4.16. The van der Waals surface area contributed by atoms with E-state index in [-0.39, 0.29) is 0 Å². The van der Waals surface area contributed by atoms with E-state index in [1.807, 2.05) is 0 Å². The molecule has 0 spiro atoms. The number of carbonyl (C=O) groups excluding carboxylic acids is 1. The van der Waals surface area contributed by atoms with Crippen molar-refractivity contribution in [3.8, 4) is 0 Å². The summed E-state index contributed by atoms with van der Waals surface area (Å²) in [4.78, 5) is 14.4. The van der Waals surface area contributed by atoms with Crippen LogP contribution < -0.4 is 0 Å². The zero-order valence-corrected chi connectivity index (χ0v) is 15.0. The van der Waals surface area contributed by atoms with Gasteiger partial charge in [0, 0.05) is 19.5 Å². The Labute approximate surface area is 133 Å². The van der Waals surface area contributed by atoms with Crippen LogP contribution in [0.1, 0.15) is 104 Å². The monoisotopic (exact) mass is 297 g/mol. The van der Waals surface area contributed by atoms with Crippen LogP contribution in [0.2, 0.25) is 0 Å². The van der Waals surface area contributed by atoms with E-state index in [1.54, 1.807) is 0 Å². The van der Waals surface area contributed by atoms with Crippen molar-refractivity contribution >= 4 is 5.91 Å². The van der Waals surface area contributed by atoms with Crippen molar-refractivity contribution < 1.29 is 4.79 Å². The van der Waals surface area contributed by atoms with Gasteiger partial charge in [0.25, 0.3) is 0 Å². The van der Waals surface area contributed by atoms with Crippen LogP contribution in [0.3, 0.4) is 0 Å². The van der Waals surface area contributed by atoms with Crippen molar-refractivity contribution in [2.45, 2.75) is 104 Å². The maximum Gasteiger partial charge on any atom is 0.222 e. The molecule has 0 rings (SSSR count). The maximum absolute atomic E-state index is 12.3. The minimum atomic E-state index is 0.392. The SMILES string of the molecule is CCCCCCCN(CCCCCCC)C(=O)CCCC. The summed E-state index contributed by atoms with van der Waals surface area (Å²) >= 11 is 0. The quantitative estimate of drug-likeness (QED) is 0.342. The van der Waals surface area contributed by atoms with Crippen molar-refractivity contribution in [2.75, 3.05) is 13.1 Å². The third kappa shape index (κ3) is 12.9. The highest BCUT2D eigenvalue weighted by atomic mass is 16.2. The molecule has 0 unspecified atom stereocenters. The predicted molar refractivity (Wildman–Crippen MR) is 93.6 cm³/mol. The molecule has 0 fully saturated rings. The minimum Gasteiger partial charge on any atom is -0.343 e.